The topological polar surface area (TPSA) is 53.1 Å². The van der Waals surface area contributed by atoms with Crippen LogP contribution in [0.25, 0.3) is 11.3 Å². The van der Waals surface area contributed by atoms with Gasteiger partial charge in [-0.25, -0.2) is 4.98 Å². The predicted molar refractivity (Wildman–Crippen MR) is 114 cm³/mol. The number of nitrogens with one attached hydrogen (secondary N) is 2. The van der Waals surface area contributed by atoms with Crippen LogP contribution >= 0.6 is 11.6 Å². The number of benzene rings is 2. The molecular formula is C21H24ClN5. The molecule has 3 rings (SSSR count). The van der Waals surface area contributed by atoms with Crippen LogP contribution in [0.15, 0.2) is 54.6 Å². The Hall–Kier alpha value is -2.63. The zero-order chi connectivity index (χ0) is 19.2. The Morgan fingerprint density at radius 1 is 1.00 bits per heavy atom. The lowest BCUT2D eigenvalue weighted by Gasteiger charge is -2.14. The number of hydrogen-bond acceptors (Lipinski definition) is 5. The summed E-state index contributed by atoms with van der Waals surface area (Å²) >= 11 is 6.06. The predicted octanol–water partition coefficient (Wildman–Crippen LogP) is 4.82. The minimum absolute atomic E-state index is 0.550. The Kier molecular flexibility index (Phi) is 6.27. The summed E-state index contributed by atoms with van der Waals surface area (Å²) in [6.45, 7) is 3.73. The van der Waals surface area contributed by atoms with Crippen LogP contribution in [0.3, 0.4) is 0 Å². The Labute approximate surface area is 165 Å². The molecule has 0 bridgehead atoms. The molecule has 0 spiro atoms. The van der Waals surface area contributed by atoms with Crippen molar-refractivity contribution in [3.8, 4) is 11.3 Å². The second-order valence-corrected chi connectivity index (χ2v) is 7.08. The molecule has 0 aliphatic rings. The van der Waals surface area contributed by atoms with E-state index in [1.807, 2.05) is 75.6 Å². The fraction of sp³-hybridized carbons (Fsp3) is 0.238. The van der Waals surface area contributed by atoms with E-state index in [1.165, 1.54) is 0 Å². The lowest BCUT2D eigenvalue weighted by Crippen LogP contribution is -2.21. The normalized spacial score (nSPS) is 10.9. The van der Waals surface area contributed by atoms with Gasteiger partial charge in [-0.05, 0) is 44.8 Å². The Balaban J connectivity index is 1.91. The summed E-state index contributed by atoms with van der Waals surface area (Å²) < 4.78 is 0. The fourth-order valence-corrected chi connectivity index (χ4v) is 2.87. The molecule has 0 amide bonds. The summed E-state index contributed by atoms with van der Waals surface area (Å²) in [4.78, 5) is 11.5. The van der Waals surface area contributed by atoms with E-state index in [2.05, 4.69) is 20.5 Å². The van der Waals surface area contributed by atoms with Gasteiger partial charge in [0.1, 0.15) is 5.82 Å². The average molecular weight is 382 g/mol. The van der Waals surface area contributed by atoms with Gasteiger partial charge in [-0.2, -0.15) is 4.98 Å². The number of aromatic nitrogens is 2. The van der Waals surface area contributed by atoms with E-state index in [-0.39, 0.29) is 0 Å². The highest BCUT2D eigenvalue weighted by Gasteiger charge is 2.08. The minimum atomic E-state index is 0.550. The number of anilines is 3. The molecule has 3 aromatic rings. The molecule has 0 fully saturated rings. The first-order valence-electron chi connectivity index (χ1n) is 8.87. The number of halogens is 1. The molecule has 140 valence electrons. The third kappa shape index (κ3) is 5.42. The van der Waals surface area contributed by atoms with Crippen molar-refractivity contribution in [1.29, 1.82) is 0 Å². The van der Waals surface area contributed by atoms with Crippen molar-refractivity contribution in [3.63, 3.8) is 0 Å². The van der Waals surface area contributed by atoms with Gasteiger partial charge in [-0.15, -0.1) is 0 Å². The second-order valence-electron chi connectivity index (χ2n) is 6.64. The first kappa shape index (κ1) is 19.1. The summed E-state index contributed by atoms with van der Waals surface area (Å²) in [5.74, 6) is 1.34. The number of nitrogens with zero attached hydrogens (tertiary/aromatic N) is 3. The first-order chi connectivity index (χ1) is 13.0. The van der Waals surface area contributed by atoms with Crippen molar-refractivity contribution in [2.24, 2.45) is 0 Å². The molecule has 0 saturated carbocycles. The maximum atomic E-state index is 6.06. The van der Waals surface area contributed by atoms with Crippen molar-refractivity contribution < 1.29 is 0 Å². The molecule has 0 unspecified atom stereocenters. The summed E-state index contributed by atoms with van der Waals surface area (Å²) in [6.07, 6.45) is 0. The molecule has 6 heteroatoms. The zero-order valence-corrected chi connectivity index (χ0v) is 16.6. The fourth-order valence-electron chi connectivity index (χ4n) is 2.65. The Morgan fingerprint density at radius 3 is 2.48 bits per heavy atom. The molecule has 5 nitrogen and oxygen atoms in total. The van der Waals surface area contributed by atoms with Gasteiger partial charge in [0.2, 0.25) is 5.95 Å². The summed E-state index contributed by atoms with van der Waals surface area (Å²) in [5.41, 5.74) is 3.89. The number of hydrogen-bond donors (Lipinski definition) is 2. The van der Waals surface area contributed by atoms with E-state index in [1.54, 1.807) is 0 Å². The number of likely N-dealkylation sites (N-methyl/N-ethyl adjacent to an activating group) is 1. The second kappa shape index (κ2) is 8.84. The van der Waals surface area contributed by atoms with Gasteiger partial charge in [-0.1, -0.05) is 41.9 Å². The molecule has 2 N–H and O–H groups in total. The van der Waals surface area contributed by atoms with Gasteiger partial charge in [0, 0.05) is 35.4 Å². The van der Waals surface area contributed by atoms with Crippen LogP contribution in [-0.4, -0.2) is 42.1 Å². The smallest absolute Gasteiger partial charge is 0.229 e. The van der Waals surface area contributed by atoms with Crippen LogP contribution in [0, 0.1) is 6.92 Å². The molecule has 0 saturated heterocycles. The van der Waals surface area contributed by atoms with Gasteiger partial charge in [-0.3, -0.25) is 0 Å². The first-order valence-corrected chi connectivity index (χ1v) is 9.25. The van der Waals surface area contributed by atoms with Crippen molar-refractivity contribution in [3.05, 3.63) is 65.2 Å². The molecule has 0 atom stereocenters. The standard InChI is InChI=1S/C21H24ClN5/c1-15-13-17(22)9-10-18(15)24-21-25-19(16-7-5-4-6-8-16)14-20(26-21)23-11-12-27(2)3/h4-10,13-14H,11-12H2,1-3H3,(H2,23,24,25,26). The summed E-state index contributed by atoms with van der Waals surface area (Å²) in [5, 5.41) is 7.41. The Morgan fingerprint density at radius 2 is 1.78 bits per heavy atom. The molecular weight excluding hydrogens is 358 g/mol. The van der Waals surface area contributed by atoms with Crippen LogP contribution in [0.5, 0.6) is 0 Å². The summed E-state index contributed by atoms with van der Waals surface area (Å²) in [7, 11) is 4.10. The third-order valence-corrected chi connectivity index (χ3v) is 4.33. The van der Waals surface area contributed by atoms with E-state index < -0.39 is 0 Å². The van der Waals surface area contributed by atoms with Gasteiger partial charge < -0.3 is 15.5 Å². The molecule has 27 heavy (non-hydrogen) atoms. The summed E-state index contributed by atoms with van der Waals surface area (Å²) in [6, 6.07) is 17.8. The maximum Gasteiger partial charge on any atom is 0.229 e. The van der Waals surface area contributed by atoms with Gasteiger partial charge >= 0.3 is 0 Å². The van der Waals surface area contributed by atoms with Crippen molar-refractivity contribution >= 4 is 29.1 Å². The van der Waals surface area contributed by atoms with Crippen LogP contribution in [0.1, 0.15) is 5.56 Å². The molecule has 0 radical (unpaired) electrons. The maximum absolute atomic E-state index is 6.06. The van der Waals surface area contributed by atoms with Crippen molar-refractivity contribution in [2.45, 2.75) is 6.92 Å². The largest absolute Gasteiger partial charge is 0.369 e. The lowest BCUT2D eigenvalue weighted by molar-refractivity contribution is 0.425. The van der Waals surface area contributed by atoms with Crippen molar-refractivity contribution in [1.82, 2.24) is 14.9 Å². The van der Waals surface area contributed by atoms with E-state index in [0.717, 1.165) is 41.4 Å². The Bertz CT molecular complexity index is 896. The van der Waals surface area contributed by atoms with Gasteiger partial charge in [0.05, 0.1) is 5.69 Å². The van der Waals surface area contributed by atoms with Crippen LogP contribution in [0.2, 0.25) is 5.02 Å². The molecule has 2 aromatic carbocycles. The number of aryl methyl sites for hydroxylation is 1. The van der Waals surface area contributed by atoms with E-state index in [9.17, 15) is 0 Å². The lowest BCUT2D eigenvalue weighted by atomic mass is 10.1. The highest BCUT2D eigenvalue weighted by Crippen LogP contribution is 2.25. The quantitative estimate of drug-likeness (QED) is 0.614. The zero-order valence-electron chi connectivity index (χ0n) is 15.8. The third-order valence-electron chi connectivity index (χ3n) is 4.10. The van der Waals surface area contributed by atoms with Gasteiger partial charge in [0.15, 0.2) is 0 Å². The van der Waals surface area contributed by atoms with E-state index in [4.69, 9.17) is 16.6 Å². The SMILES string of the molecule is Cc1cc(Cl)ccc1Nc1nc(NCCN(C)C)cc(-c2ccccc2)n1. The monoisotopic (exact) mass is 381 g/mol. The van der Waals surface area contributed by atoms with Crippen LogP contribution < -0.4 is 10.6 Å². The van der Waals surface area contributed by atoms with E-state index in [0.29, 0.717) is 11.0 Å². The molecule has 0 aliphatic heterocycles. The molecule has 1 aromatic heterocycles. The van der Waals surface area contributed by atoms with E-state index >= 15 is 0 Å². The highest BCUT2D eigenvalue weighted by atomic mass is 35.5. The molecule has 0 aliphatic carbocycles. The average Bonchev–Trinajstić information content (AvgIpc) is 2.64. The highest BCUT2D eigenvalue weighted by molar-refractivity contribution is 6.30. The van der Waals surface area contributed by atoms with Crippen LogP contribution in [0.4, 0.5) is 17.5 Å². The van der Waals surface area contributed by atoms with Crippen molar-refractivity contribution in [2.75, 3.05) is 37.8 Å². The number of rotatable bonds is 7. The van der Waals surface area contributed by atoms with Gasteiger partial charge in [0.25, 0.3) is 0 Å². The minimum Gasteiger partial charge on any atom is -0.369 e. The van der Waals surface area contributed by atoms with Crippen LogP contribution in [-0.2, 0) is 0 Å². The molecule has 1 heterocycles.